The van der Waals surface area contributed by atoms with E-state index in [-0.39, 0.29) is 11.8 Å². The van der Waals surface area contributed by atoms with E-state index in [1.54, 1.807) is 6.92 Å². The number of piperidine rings is 1. The molecule has 1 aliphatic heterocycles. The molecule has 1 fully saturated rings. The zero-order valence-electron chi connectivity index (χ0n) is 28.3. The molecule has 4 aromatic carbocycles. The van der Waals surface area contributed by atoms with Crippen LogP contribution in [0, 0.1) is 5.92 Å². The van der Waals surface area contributed by atoms with Gasteiger partial charge in [0.05, 0.1) is 5.52 Å². The van der Waals surface area contributed by atoms with Crippen LogP contribution in [0.3, 0.4) is 0 Å². The van der Waals surface area contributed by atoms with Crippen molar-refractivity contribution in [1.29, 1.82) is 0 Å². The maximum Gasteiger partial charge on any atom is 0.254 e. The predicted octanol–water partition coefficient (Wildman–Crippen LogP) is 9.38. The SMILES string of the molecule is CCCCCc1ccc(C(=O)N(Cc2cccc(Oc3ccccc3)c2)CC2CCN(Cc3cc4ccccc4n3C(C)=O)CC2)cc1. The third-order valence-corrected chi connectivity index (χ3v) is 9.48. The lowest BCUT2D eigenvalue weighted by Gasteiger charge is -2.35. The Balaban J connectivity index is 1.15. The van der Waals surface area contributed by atoms with Crippen LogP contribution in [0.15, 0.2) is 109 Å². The van der Waals surface area contributed by atoms with Crippen LogP contribution in [0.1, 0.15) is 77.9 Å². The first-order valence-electron chi connectivity index (χ1n) is 17.5. The van der Waals surface area contributed by atoms with Crippen molar-refractivity contribution in [1.82, 2.24) is 14.4 Å². The lowest BCUT2D eigenvalue weighted by molar-refractivity contribution is 0.0671. The van der Waals surface area contributed by atoms with E-state index in [4.69, 9.17) is 4.74 Å². The summed E-state index contributed by atoms with van der Waals surface area (Å²) in [5.74, 6) is 2.05. The van der Waals surface area contributed by atoms with Gasteiger partial charge >= 0.3 is 0 Å². The maximum absolute atomic E-state index is 14.1. The first-order valence-corrected chi connectivity index (χ1v) is 17.5. The second-order valence-corrected chi connectivity index (χ2v) is 13.2. The summed E-state index contributed by atoms with van der Waals surface area (Å²) < 4.78 is 7.97. The Morgan fingerprint density at radius 2 is 1.52 bits per heavy atom. The van der Waals surface area contributed by atoms with Crippen molar-refractivity contribution >= 4 is 22.7 Å². The molecule has 0 saturated carbocycles. The van der Waals surface area contributed by atoms with Gasteiger partial charge in [-0.3, -0.25) is 19.1 Å². The number of ether oxygens (including phenoxy) is 1. The molecule has 1 amide bonds. The summed E-state index contributed by atoms with van der Waals surface area (Å²) in [5.41, 5.74) is 5.07. The predicted molar refractivity (Wildman–Crippen MR) is 194 cm³/mol. The molecule has 6 nitrogen and oxygen atoms in total. The lowest BCUT2D eigenvalue weighted by Crippen LogP contribution is -2.40. The highest BCUT2D eigenvalue weighted by Gasteiger charge is 2.26. The van der Waals surface area contributed by atoms with E-state index in [0.717, 1.165) is 78.1 Å². The standard InChI is InChI=1S/C42H47N3O3/c1-3-4-6-12-33-19-21-36(22-20-33)42(47)44(30-35-13-11-17-40(27-35)48-39-15-7-5-8-16-39)29-34-23-25-43(26-24-34)31-38-28-37-14-9-10-18-41(37)45(38)32(2)46/h5,7-11,13-22,27-28,34H,3-4,6,12,23-26,29-31H2,1-2H3. The Hall–Kier alpha value is -4.68. The highest BCUT2D eigenvalue weighted by Crippen LogP contribution is 2.27. The van der Waals surface area contributed by atoms with Crippen molar-refractivity contribution in [2.75, 3.05) is 19.6 Å². The maximum atomic E-state index is 14.1. The molecule has 1 aliphatic rings. The number of hydrogen-bond donors (Lipinski definition) is 0. The van der Waals surface area contributed by atoms with E-state index in [2.05, 4.69) is 42.2 Å². The van der Waals surface area contributed by atoms with Crippen LogP contribution >= 0.6 is 0 Å². The summed E-state index contributed by atoms with van der Waals surface area (Å²) in [6.07, 6.45) is 6.64. The minimum atomic E-state index is 0.0440. The summed E-state index contributed by atoms with van der Waals surface area (Å²) in [5, 5.41) is 1.10. The highest BCUT2D eigenvalue weighted by atomic mass is 16.5. The number of amides is 1. The van der Waals surface area contributed by atoms with Crippen molar-refractivity contribution in [3.8, 4) is 11.5 Å². The molecule has 6 rings (SSSR count). The minimum absolute atomic E-state index is 0.0440. The van der Waals surface area contributed by atoms with Gasteiger partial charge in [-0.05, 0) is 104 Å². The van der Waals surface area contributed by atoms with E-state index in [1.165, 1.54) is 24.8 Å². The highest BCUT2D eigenvalue weighted by molar-refractivity contribution is 5.94. The van der Waals surface area contributed by atoms with Gasteiger partial charge in [-0.15, -0.1) is 0 Å². The molecular weight excluding hydrogens is 594 g/mol. The van der Waals surface area contributed by atoms with E-state index < -0.39 is 0 Å². The Kier molecular flexibility index (Phi) is 11.0. The number of carbonyl (C=O) groups is 2. The summed E-state index contributed by atoms with van der Waals surface area (Å²) in [4.78, 5) is 31.2. The van der Waals surface area contributed by atoms with Gasteiger partial charge in [0, 0.05) is 43.2 Å². The van der Waals surface area contributed by atoms with E-state index in [0.29, 0.717) is 19.0 Å². The number of fused-ring (bicyclic) bond motifs is 1. The zero-order valence-corrected chi connectivity index (χ0v) is 28.3. The average Bonchev–Trinajstić information content (AvgIpc) is 3.48. The van der Waals surface area contributed by atoms with Crippen LogP contribution in [0.5, 0.6) is 11.5 Å². The number of hydrogen-bond acceptors (Lipinski definition) is 4. The molecule has 0 radical (unpaired) electrons. The quantitative estimate of drug-likeness (QED) is 0.120. The molecule has 0 aliphatic carbocycles. The lowest BCUT2D eigenvalue weighted by atomic mass is 9.95. The molecule has 48 heavy (non-hydrogen) atoms. The third kappa shape index (κ3) is 8.42. The number of unbranched alkanes of at least 4 members (excludes halogenated alkanes) is 2. The van der Waals surface area contributed by atoms with Crippen LogP contribution in [-0.2, 0) is 19.5 Å². The fourth-order valence-electron chi connectivity index (χ4n) is 6.92. The number of carbonyl (C=O) groups excluding carboxylic acids is 2. The van der Waals surface area contributed by atoms with Crippen LogP contribution in [0.2, 0.25) is 0 Å². The largest absolute Gasteiger partial charge is 0.457 e. The topological polar surface area (TPSA) is 54.8 Å². The van der Waals surface area contributed by atoms with Crippen molar-refractivity contribution in [3.63, 3.8) is 0 Å². The van der Waals surface area contributed by atoms with Gasteiger partial charge in [0.15, 0.2) is 0 Å². The summed E-state index contributed by atoms with van der Waals surface area (Å²) >= 11 is 0. The number of para-hydroxylation sites is 2. The number of rotatable bonds is 13. The fraction of sp³-hybridized carbons (Fsp3) is 0.333. The van der Waals surface area contributed by atoms with Crippen molar-refractivity contribution in [2.45, 2.75) is 65.5 Å². The van der Waals surface area contributed by atoms with Gasteiger partial charge < -0.3 is 9.64 Å². The number of aromatic nitrogens is 1. The Morgan fingerprint density at radius 3 is 2.27 bits per heavy atom. The molecule has 0 unspecified atom stereocenters. The van der Waals surface area contributed by atoms with Gasteiger partial charge in [0.1, 0.15) is 11.5 Å². The van der Waals surface area contributed by atoms with Crippen LogP contribution in [0.4, 0.5) is 0 Å². The molecule has 0 bridgehead atoms. The van der Waals surface area contributed by atoms with E-state index in [1.807, 2.05) is 88.3 Å². The molecule has 0 N–H and O–H groups in total. The fourth-order valence-corrected chi connectivity index (χ4v) is 6.92. The molecule has 0 spiro atoms. The Morgan fingerprint density at radius 1 is 0.792 bits per heavy atom. The summed E-state index contributed by atoms with van der Waals surface area (Å²) in [7, 11) is 0. The smallest absolute Gasteiger partial charge is 0.254 e. The van der Waals surface area contributed by atoms with Crippen LogP contribution < -0.4 is 4.74 Å². The Labute approximate surface area is 284 Å². The molecule has 248 valence electrons. The second-order valence-electron chi connectivity index (χ2n) is 13.2. The van der Waals surface area contributed by atoms with E-state index in [9.17, 15) is 9.59 Å². The minimum Gasteiger partial charge on any atom is -0.457 e. The monoisotopic (exact) mass is 641 g/mol. The van der Waals surface area contributed by atoms with Gasteiger partial charge in [-0.2, -0.15) is 0 Å². The summed E-state index contributed by atoms with van der Waals surface area (Å²) in [6.45, 7) is 7.67. The van der Waals surface area contributed by atoms with E-state index >= 15 is 0 Å². The normalized spacial score (nSPS) is 13.9. The van der Waals surface area contributed by atoms with Gasteiger partial charge in [0.25, 0.3) is 5.91 Å². The zero-order chi connectivity index (χ0) is 33.3. The van der Waals surface area contributed by atoms with Crippen molar-refractivity contribution in [2.24, 2.45) is 5.92 Å². The van der Waals surface area contributed by atoms with Gasteiger partial charge in [0.2, 0.25) is 5.91 Å². The molecule has 2 heterocycles. The first-order chi connectivity index (χ1) is 23.5. The molecule has 1 saturated heterocycles. The molecule has 1 aromatic heterocycles. The molecule has 5 aromatic rings. The van der Waals surface area contributed by atoms with Crippen molar-refractivity contribution in [3.05, 3.63) is 132 Å². The number of aryl methyl sites for hydroxylation is 1. The van der Waals surface area contributed by atoms with Crippen LogP contribution in [0.25, 0.3) is 10.9 Å². The average molecular weight is 642 g/mol. The molecular formula is C42H47N3O3. The summed E-state index contributed by atoms with van der Waals surface area (Å²) in [6, 6.07) is 36.3. The van der Waals surface area contributed by atoms with Gasteiger partial charge in [-0.25, -0.2) is 0 Å². The number of benzene rings is 4. The third-order valence-electron chi connectivity index (χ3n) is 9.48. The number of nitrogens with zero attached hydrogens (tertiary/aromatic N) is 3. The Bertz CT molecular complexity index is 1800. The molecule has 6 heteroatoms. The van der Waals surface area contributed by atoms with Gasteiger partial charge in [-0.1, -0.05) is 80.4 Å². The molecule has 0 atom stereocenters. The van der Waals surface area contributed by atoms with Crippen molar-refractivity contribution < 1.29 is 14.3 Å². The number of likely N-dealkylation sites (tertiary alicyclic amines) is 1. The van der Waals surface area contributed by atoms with Crippen LogP contribution in [-0.4, -0.2) is 45.8 Å². The first kappa shape index (κ1) is 33.2. The second kappa shape index (κ2) is 15.9.